The van der Waals surface area contributed by atoms with E-state index < -0.39 is 0 Å². The van der Waals surface area contributed by atoms with Gasteiger partial charge in [-0.1, -0.05) is 18.2 Å². The third-order valence-corrected chi connectivity index (χ3v) is 4.42. The van der Waals surface area contributed by atoms with Crippen LogP contribution in [0.15, 0.2) is 54.6 Å². The van der Waals surface area contributed by atoms with Crippen molar-refractivity contribution in [3.63, 3.8) is 0 Å². The monoisotopic (exact) mass is 302 g/mol. The quantitative estimate of drug-likeness (QED) is 0.428. The van der Waals surface area contributed by atoms with E-state index in [0.29, 0.717) is 33.9 Å². The maximum atomic E-state index is 10.4. The summed E-state index contributed by atoms with van der Waals surface area (Å²) in [6.07, 6.45) is 0. The zero-order valence-corrected chi connectivity index (χ0v) is 12.0. The van der Waals surface area contributed by atoms with E-state index in [1.807, 2.05) is 30.3 Å². The van der Waals surface area contributed by atoms with Gasteiger partial charge in [-0.3, -0.25) is 0 Å². The molecule has 0 saturated heterocycles. The molecule has 0 aliphatic carbocycles. The maximum absolute atomic E-state index is 10.4. The fourth-order valence-corrected chi connectivity index (χ4v) is 3.48. The highest BCUT2D eigenvalue weighted by molar-refractivity contribution is 6.99. The van der Waals surface area contributed by atoms with Crippen LogP contribution in [0.2, 0.25) is 0 Å². The summed E-state index contributed by atoms with van der Waals surface area (Å²) in [5.74, 6) is 2.83. The van der Waals surface area contributed by atoms with Gasteiger partial charge in [0, 0.05) is 16.4 Å². The normalized spacial score (nSPS) is 13.3. The van der Waals surface area contributed by atoms with Crippen LogP contribution in [-0.2, 0) is 0 Å². The van der Waals surface area contributed by atoms with Crippen molar-refractivity contribution in [2.45, 2.75) is 0 Å². The van der Waals surface area contributed by atoms with Crippen molar-refractivity contribution < 1.29 is 19.7 Å². The van der Waals surface area contributed by atoms with E-state index in [9.17, 15) is 10.2 Å². The third kappa shape index (κ3) is 1.56. The molecule has 0 unspecified atom stereocenters. The minimum absolute atomic E-state index is 0.143. The predicted octanol–water partition coefficient (Wildman–Crippen LogP) is 1.83. The van der Waals surface area contributed by atoms with E-state index in [1.54, 1.807) is 24.3 Å². The van der Waals surface area contributed by atoms with Gasteiger partial charge < -0.3 is 19.7 Å². The molecule has 4 nitrogen and oxygen atoms in total. The van der Waals surface area contributed by atoms with Crippen molar-refractivity contribution in [3.05, 3.63) is 54.6 Å². The van der Waals surface area contributed by atoms with Crippen LogP contribution in [0.4, 0.5) is 0 Å². The summed E-state index contributed by atoms with van der Waals surface area (Å²) in [7, 11) is 0. The van der Waals surface area contributed by atoms with Crippen molar-refractivity contribution in [1.29, 1.82) is 0 Å². The first-order valence-electron chi connectivity index (χ1n) is 7.36. The van der Waals surface area contributed by atoms with Crippen molar-refractivity contribution >= 4 is 23.1 Å². The van der Waals surface area contributed by atoms with Gasteiger partial charge in [0.05, 0.1) is 0 Å². The number of rotatable bonds is 0. The third-order valence-electron chi connectivity index (χ3n) is 4.42. The number of fused-ring (bicyclic) bond motifs is 4. The first kappa shape index (κ1) is 12.5. The number of hydrogen-bond acceptors (Lipinski definition) is 4. The summed E-state index contributed by atoms with van der Waals surface area (Å²) < 4.78 is 11.9. The number of aromatic hydroxyl groups is 2. The Hall–Kier alpha value is -3.08. The average molecular weight is 302 g/mol. The van der Waals surface area contributed by atoms with E-state index in [0.717, 1.165) is 5.46 Å². The Kier molecular flexibility index (Phi) is 2.29. The molecule has 0 radical (unpaired) electrons. The van der Waals surface area contributed by atoms with Gasteiger partial charge in [-0.2, -0.15) is 0 Å². The van der Waals surface area contributed by atoms with E-state index in [4.69, 9.17) is 9.47 Å². The maximum Gasteiger partial charge on any atom is 0.270 e. The number of hydrogen-bond donors (Lipinski definition) is 2. The van der Waals surface area contributed by atoms with Crippen LogP contribution in [0.3, 0.4) is 0 Å². The molecular weight excluding hydrogens is 291 g/mol. The van der Waals surface area contributed by atoms with Crippen LogP contribution in [0, 0.1) is 0 Å². The van der Waals surface area contributed by atoms with Crippen LogP contribution in [0.5, 0.6) is 34.5 Å². The van der Waals surface area contributed by atoms with Gasteiger partial charge in [0.15, 0.2) is 0 Å². The highest BCUT2D eigenvalue weighted by Gasteiger charge is 2.42. The first-order chi connectivity index (χ1) is 11.2. The molecule has 0 bridgehead atoms. The lowest BCUT2D eigenvalue weighted by Gasteiger charge is -2.33. The van der Waals surface area contributed by atoms with E-state index in [1.165, 1.54) is 0 Å². The zero-order chi connectivity index (χ0) is 15.6. The molecule has 0 spiro atoms. The van der Waals surface area contributed by atoms with E-state index >= 15 is 0 Å². The van der Waals surface area contributed by atoms with Crippen molar-refractivity contribution in [1.82, 2.24) is 0 Å². The number of phenolic OH excluding ortho intramolecular Hbond substituents is 2. The topological polar surface area (TPSA) is 58.9 Å². The smallest absolute Gasteiger partial charge is 0.270 e. The SMILES string of the molecule is Oc1cccc2c1B1c3c(O)cccc3Oc3cccc(c31)O2. The molecule has 0 atom stereocenters. The Morgan fingerprint density at radius 2 is 0.957 bits per heavy atom. The first-order valence-corrected chi connectivity index (χ1v) is 7.36. The number of ether oxygens (including phenoxy) is 2. The molecule has 2 heterocycles. The second-order valence-electron chi connectivity index (χ2n) is 5.68. The summed E-state index contributed by atoms with van der Waals surface area (Å²) in [6.45, 7) is -0.323. The minimum Gasteiger partial charge on any atom is -0.508 e. The molecule has 2 aliphatic heterocycles. The standard InChI is InChI=1S/C18H11BO4/c20-10-4-1-6-12-16(10)19-17-11(21)5-2-7-13(17)23-15-9-3-8-14(22-12)18(15)19/h1-9,20-21H. The van der Waals surface area contributed by atoms with Gasteiger partial charge >= 0.3 is 0 Å². The van der Waals surface area contributed by atoms with E-state index in [2.05, 4.69) is 0 Å². The molecule has 0 aromatic heterocycles. The molecule has 5 rings (SSSR count). The van der Waals surface area contributed by atoms with Gasteiger partial charge in [-0.05, 0) is 36.4 Å². The Balaban J connectivity index is 1.91. The molecule has 0 fully saturated rings. The van der Waals surface area contributed by atoms with Gasteiger partial charge in [0.1, 0.15) is 34.5 Å². The Labute approximate surface area is 132 Å². The molecule has 5 heteroatoms. The van der Waals surface area contributed by atoms with E-state index in [-0.39, 0.29) is 18.2 Å². The van der Waals surface area contributed by atoms with Crippen LogP contribution >= 0.6 is 0 Å². The second kappa shape index (κ2) is 4.23. The molecule has 3 aromatic carbocycles. The molecule has 0 amide bonds. The second-order valence-corrected chi connectivity index (χ2v) is 5.68. The van der Waals surface area contributed by atoms with Crippen molar-refractivity contribution in [2.24, 2.45) is 0 Å². The highest BCUT2D eigenvalue weighted by atomic mass is 16.5. The lowest BCUT2D eigenvalue weighted by Crippen LogP contribution is -2.57. The summed E-state index contributed by atoms with van der Waals surface area (Å²) in [4.78, 5) is 0. The lowest BCUT2D eigenvalue weighted by molar-refractivity contribution is 0.447. The molecule has 2 aliphatic rings. The Bertz CT molecular complexity index is 861. The van der Waals surface area contributed by atoms with Gasteiger partial charge in [0.25, 0.3) is 6.71 Å². The van der Waals surface area contributed by atoms with Crippen LogP contribution in [0.25, 0.3) is 0 Å². The molecule has 2 N–H and O–H groups in total. The molecule has 0 saturated carbocycles. The summed E-state index contributed by atoms with van der Waals surface area (Å²) in [5, 5.41) is 20.8. The van der Waals surface area contributed by atoms with Crippen molar-refractivity contribution in [3.8, 4) is 34.5 Å². The molecule has 110 valence electrons. The number of phenols is 2. The van der Waals surface area contributed by atoms with Crippen LogP contribution in [-0.4, -0.2) is 16.9 Å². The van der Waals surface area contributed by atoms with Gasteiger partial charge in [-0.15, -0.1) is 0 Å². The molecular formula is C18H11BO4. The summed E-state index contributed by atoms with van der Waals surface area (Å²) >= 11 is 0. The highest BCUT2D eigenvalue weighted by Crippen LogP contribution is 2.36. The Morgan fingerprint density at radius 3 is 1.43 bits per heavy atom. The van der Waals surface area contributed by atoms with Crippen LogP contribution in [0.1, 0.15) is 0 Å². The summed E-state index contributed by atoms with van der Waals surface area (Å²) in [6, 6.07) is 16.0. The minimum atomic E-state index is -0.323. The summed E-state index contributed by atoms with van der Waals surface area (Å²) in [5.41, 5.74) is 2.13. The Morgan fingerprint density at radius 1 is 0.565 bits per heavy atom. The van der Waals surface area contributed by atoms with Crippen molar-refractivity contribution in [2.75, 3.05) is 0 Å². The number of benzene rings is 3. The molecule has 3 aromatic rings. The fourth-order valence-electron chi connectivity index (χ4n) is 3.48. The fraction of sp³-hybridized carbons (Fsp3) is 0. The van der Waals surface area contributed by atoms with Gasteiger partial charge in [0.2, 0.25) is 0 Å². The van der Waals surface area contributed by atoms with Crippen LogP contribution < -0.4 is 25.9 Å². The van der Waals surface area contributed by atoms with Gasteiger partial charge in [-0.25, -0.2) is 0 Å². The zero-order valence-electron chi connectivity index (χ0n) is 12.0. The largest absolute Gasteiger partial charge is 0.508 e. The predicted molar refractivity (Wildman–Crippen MR) is 87.5 cm³/mol. The average Bonchev–Trinajstić information content (AvgIpc) is 2.55. The molecule has 23 heavy (non-hydrogen) atoms. The lowest BCUT2D eigenvalue weighted by atomic mass is 9.34.